The first-order valence-corrected chi connectivity index (χ1v) is 8.27. The van der Waals surface area contributed by atoms with Crippen molar-refractivity contribution in [2.24, 2.45) is 0 Å². The number of nitrogens with one attached hydrogen (secondary N) is 2. The summed E-state index contributed by atoms with van der Waals surface area (Å²) in [7, 11) is -1.13. The number of halogens is 1. The number of methoxy groups -OCH3 is 1. The molecule has 0 aliphatic rings. The Morgan fingerprint density at radius 3 is 2.65 bits per heavy atom. The van der Waals surface area contributed by atoms with Gasteiger partial charge in [-0.15, -0.1) is 0 Å². The number of nitrogens with zero attached hydrogens (tertiary/aromatic N) is 1. The number of sulfonamides is 1. The number of amides is 1. The molecule has 2 N–H and O–H groups in total. The van der Waals surface area contributed by atoms with E-state index < -0.39 is 10.0 Å². The minimum atomic E-state index is -3.96. The van der Waals surface area contributed by atoms with Gasteiger partial charge in [-0.25, -0.2) is 8.42 Å². The third kappa shape index (κ3) is 3.91. The lowest BCUT2D eigenvalue weighted by Gasteiger charge is -2.12. The molecule has 1 amide bonds. The van der Waals surface area contributed by atoms with Crippen LogP contribution in [0.5, 0.6) is 5.75 Å². The van der Waals surface area contributed by atoms with Gasteiger partial charge in [0.1, 0.15) is 10.6 Å². The van der Waals surface area contributed by atoms with Crippen molar-refractivity contribution in [2.75, 3.05) is 18.9 Å². The van der Waals surface area contributed by atoms with Crippen molar-refractivity contribution in [3.63, 3.8) is 0 Å². The number of carbonyl (C=O) groups is 1. The maximum absolute atomic E-state index is 12.5. The molecule has 0 saturated carbocycles. The van der Waals surface area contributed by atoms with Crippen LogP contribution in [0.25, 0.3) is 0 Å². The minimum Gasteiger partial charge on any atom is -0.495 e. The Labute approximate surface area is 138 Å². The second-order valence-corrected chi connectivity index (χ2v) is 6.53. The maximum Gasteiger partial charge on any atom is 0.265 e. The summed E-state index contributed by atoms with van der Waals surface area (Å²) < 4.78 is 32.4. The molecular weight excluding hydrogens is 342 g/mol. The third-order valence-corrected chi connectivity index (χ3v) is 4.53. The molecule has 1 aromatic heterocycles. The van der Waals surface area contributed by atoms with E-state index in [-0.39, 0.29) is 32.8 Å². The van der Waals surface area contributed by atoms with Crippen molar-refractivity contribution < 1.29 is 17.9 Å². The molecule has 0 atom stereocenters. The van der Waals surface area contributed by atoms with Gasteiger partial charge in [0.2, 0.25) is 0 Å². The Hall–Kier alpha value is -2.32. The van der Waals surface area contributed by atoms with Gasteiger partial charge in [0.05, 0.1) is 24.6 Å². The molecule has 9 heteroatoms. The quantitative estimate of drug-likeness (QED) is 0.853. The van der Waals surface area contributed by atoms with Crippen molar-refractivity contribution >= 4 is 33.2 Å². The Bertz CT molecular complexity index is 840. The minimum absolute atomic E-state index is 0.113. The van der Waals surface area contributed by atoms with E-state index in [0.29, 0.717) is 0 Å². The van der Waals surface area contributed by atoms with Crippen molar-refractivity contribution in [1.29, 1.82) is 0 Å². The first kappa shape index (κ1) is 17.0. The second kappa shape index (κ2) is 6.84. The van der Waals surface area contributed by atoms with E-state index in [4.69, 9.17) is 16.3 Å². The molecule has 0 fully saturated rings. The lowest BCUT2D eigenvalue weighted by molar-refractivity contribution is 0.0962. The molecule has 0 bridgehead atoms. The number of ether oxygens (including phenoxy) is 1. The lowest BCUT2D eigenvalue weighted by atomic mass is 10.2. The van der Waals surface area contributed by atoms with Crippen molar-refractivity contribution in [2.45, 2.75) is 4.90 Å². The van der Waals surface area contributed by atoms with E-state index in [1.807, 2.05) is 0 Å². The van der Waals surface area contributed by atoms with Gasteiger partial charge in [0, 0.05) is 18.3 Å². The monoisotopic (exact) mass is 355 g/mol. The van der Waals surface area contributed by atoms with Crippen LogP contribution in [0.15, 0.2) is 41.6 Å². The van der Waals surface area contributed by atoms with E-state index in [2.05, 4.69) is 15.0 Å². The van der Waals surface area contributed by atoms with Gasteiger partial charge in [-0.2, -0.15) is 0 Å². The van der Waals surface area contributed by atoms with E-state index >= 15 is 0 Å². The van der Waals surface area contributed by atoms with Crippen LogP contribution < -0.4 is 14.8 Å². The molecule has 0 aliphatic heterocycles. The Morgan fingerprint density at radius 2 is 2.00 bits per heavy atom. The number of carbonyl (C=O) groups excluding carboxylic acids is 1. The Balaban J connectivity index is 2.39. The molecule has 0 radical (unpaired) electrons. The molecule has 0 saturated heterocycles. The van der Waals surface area contributed by atoms with Gasteiger partial charge in [-0.05, 0) is 24.3 Å². The average Bonchev–Trinajstić information content (AvgIpc) is 2.54. The number of aromatic nitrogens is 1. The van der Waals surface area contributed by atoms with Gasteiger partial charge in [0.15, 0.2) is 0 Å². The first-order valence-electron chi connectivity index (χ1n) is 6.41. The predicted molar refractivity (Wildman–Crippen MR) is 86.4 cm³/mol. The number of hydrogen-bond acceptors (Lipinski definition) is 5. The summed E-state index contributed by atoms with van der Waals surface area (Å²) in [4.78, 5) is 15.3. The number of benzene rings is 1. The van der Waals surface area contributed by atoms with Crippen molar-refractivity contribution in [3.05, 3.63) is 47.2 Å². The number of rotatable bonds is 5. The highest BCUT2D eigenvalue weighted by Gasteiger charge is 2.20. The number of pyridine rings is 1. The number of hydrogen-bond donors (Lipinski definition) is 2. The normalized spacial score (nSPS) is 10.9. The molecule has 23 heavy (non-hydrogen) atoms. The topological polar surface area (TPSA) is 97.4 Å². The lowest BCUT2D eigenvalue weighted by Crippen LogP contribution is -2.19. The summed E-state index contributed by atoms with van der Waals surface area (Å²) >= 11 is 5.86. The van der Waals surface area contributed by atoms with Crippen LogP contribution in [0.1, 0.15) is 10.4 Å². The van der Waals surface area contributed by atoms with E-state index in [9.17, 15) is 13.2 Å². The van der Waals surface area contributed by atoms with Gasteiger partial charge >= 0.3 is 0 Å². The fourth-order valence-corrected chi connectivity index (χ4v) is 3.30. The third-order valence-electron chi connectivity index (χ3n) is 2.89. The smallest absolute Gasteiger partial charge is 0.265 e. The summed E-state index contributed by atoms with van der Waals surface area (Å²) in [5.74, 6) is -0.226. The summed E-state index contributed by atoms with van der Waals surface area (Å²) in [5.41, 5.74) is 0.374. The standard InChI is InChI=1S/C14H14ClN3O4S/c1-16-14(19)9-5-11(8-17-7-9)18-23(20,21)13-6-10(15)3-4-12(13)22-2/h3-8,18H,1-2H3,(H,16,19). The van der Waals surface area contributed by atoms with Crippen LogP contribution in [0, 0.1) is 0 Å². The van der Waals surface area contributed by atoms with Crippen LogP contribution in [0.4, 0.5) is 5.69 Å². The van der Waals surface area contributed by atoms with Crippen LogP contribution in [-0.4, -0.2) is 33.5 Å². The van der Waals surface area contributed by atoms with Crippen LogP contribution in [0.3, 0.4) is 0 Å². The Morgan fingerprint density at radius 1 is 1.26 bits per heavy atom. The van der Waals surface area contributed by atoms with Gasteiger partial charge in [-0.3, -0.25) is 14.5 Å². The maximum atomic E-state index is 12.5. The van der Waals surface area contributed by atoms with E-state index in [1.54, 1.807) is 0 Å². The zero-order valence-electron chi connectivity index (χ0n) is 12.3. The molecule has 2 aromatic rings. The van der Waals surface area contributed by atoms with E-state index in [0.717, 1.165) is 0 Å². The first-order chi connectivity index (χ1) is 10.9. The van der Waals surface area contributed by atoms with Crippen molar-refractivity contribution in [1.82, 2.24) is 10.3 Å². The highest BCUT2D eigenvalue weighted by atomic mass is 35.5. The summed E-state index contributed by atoms with van der Waals surface area (Å²) in [6.45, 7) is 0. The SMILES string of the molecule is CNC(=O)c1cncc(NS(=O)(=O)c2cc(Cl)ccc2OC)c1. The second-order valence-electron chi connectivity index (χ2n) is 4.44. The molecule has 1 heterocycles. The fourth-order valence-electron chi connectivity index (χ4n) is 1.83. The zero-order chi connectivity index (χ0) is 17.0. The molecule has 2 rings (SSSR count). The highest BCUT2D eigenvalue weighted by molar-refractivity contribution is 7.92. The molecule has 0 spiro atoms. The fraction of sp³-hybridized carbons (Fsp3) is 0.143. The molecule has 122 valence electrons. The highest BCUT2D eigenvalue weighted by Crippen LogP contribution is 2.28. The van der Waals surface area contributed by atoms with Gasteiger partial charge in [0.25, 0.3) is 15.9 Å². The van der Waals surface area contributed by atoms with Crippen LogP contribution in [-0.2, 0) is 10.0 Å². The predicted octanol–water partition coefficient (Wildman–Crippen LogP) is 1.90. The summed E-state index contributed by atoms with van der Waals surface area (Å²) in [6.07, 6.45) is 2.62. The van der Waals surface area contributed by atoms with Gasteiger partial charge < -0.3 is 10.1 Å². The largest absolute Gasteiger partial charge is 0.495 e. The van der Waals surface area contributed by atoms with Crippen LogP contribution >= 0.6 is 11.6 Å². The molecule has 0 aliphatic carbocycles. The molecular formula is C14H14ClN3O4S. The molecule has 7 nitrogen and oxygen atoms in total. The van der Waals surface area contributed by atoms with Crippen LogP contribution in [0.2, 0.25) is 5.02 Å². The zero-order valence-corrected chi connectivity index (χ0v) is 13.9. The van der Waals surface area contributed by atoms with E-state index in [1.165, 1.54) is 50.8 Å². The average molecular weight is 356 g/mol. The number of anilines is 1. The molecule has 0 unspecified atom stereocenters. The van der Waals surface area contributed by atoms with Crippen molar-refractivity contribution in [3.8, 4) is 5.75 Å². The summed E-state index contributed by atoms with van der Waals surface area (Å²) in [5, 5.41) is 2.69. The summed E-state index contributed by atoms with van der Waals surface area (Å²) in [6, 6.07) is 5.63. The van der Waals surface area contributed by atoms with Gasteiger partial charge in [-0.1, -0.05) is 11.6 Å². The molecule has 1 aromatic carbocycles. The Kier molecular flexibility index (Phi) is 5.07.